The molecule has 3 aromatic rings. The number of hydrogen-bond donors (Lipinski definition) is 3. The van der Waals surface area contributed by atoms with Crippen molar-refractivity contribution in [3.63, 3.8) is 0 Å². The van der Waals surface area contributed by atoms with E-state index in [1.54, 1.807) is 18.0 Å². The fourth-order valence-electron chi connectivity index (χ4n) is 2.92. The molecule has 1 aliphatic rings. The highest BCUT2D eigenvalue weighted by Gasteiger charge is 2.23. The Morgan fingerprint density at radius 1 is 1.21 bits per heavy atom. The van der Waals surface area contributed by atoms with E-state index in [0.717, 1.165) is 29.3 Å². The number of thioether (sulfide) groups is 1. The molecule has 0 spiro atoms. The molecule has 1 saturated heterocycles. The van der Waals surface area contributed by atoms with E-state index in [4.69, 9.17) is 4.74 Å². The van der Waals surface area contributed by atoms with Crippen LogP contribution in [0.15, 0.2) is 52.3 Å². The molecule has 2 aromatic heterocycles. The fraction of sp³-hybridized carbons (Fsp3) is 0.294. The second-order valence-corrected chi connectivity index (χ2v) is 7.23. The van der Waals surface area contributed by atoms with Crippen LogP contribution in [0.5, 0.6) is 0 Å². The predicted molar refractivity (Wildman–Crippen MR) is 95.6 cm³/mol. The van der Waals surface area contributed by atoms with E-state index in [9.17, 15) is 4.79 Å². The van der Waals surface area contributed by atoms with Crippen LogP contribution in [0.25, 0.3) is 10.9 Å². The average molecular weight is 342 g/mol. The van der Waals surface area contributed by atoms with E-state index in [2.05, 4.69) is 20.5 Å². The van der Waals surface area contributed by atoms with Crippen molar-refractivity contribution in [2.24, 2.45) is 0 Å². The Balaban J connectivity index is 1.42. The van der Waals surface area contributed by atoms with Crippen molar-refractivity contribution in [2.45, 2.75) is 22.6 Å². The minimum absolute atomic E-state index is 0.0813. The van der Waals surface area contributed by atoms with Gasteiger partial charge in [0.25, 0.3) is 5.56 Å². The molecule has 0 bridgehead atoms. The quantitative estimate of drug-likeness (QED) is 0.679. The molecule has 7 heteroatoms. The van der Waals surface area contributed by atoms with E-state index in [1.807, 2.05) is 36.4 Å². The zero-order valence-electron chi connectivity index (χ0n) is 13.0. The first kappa shape index (κ1) is 15.3. The Labute approximate surface area is 143 Å². The van der Waals surface area contributed by atoms with Gasteiger partial charge in [0.1, 0.15) is 5.82 Å². The molecule has 1 aliphatic heterocycles. The van der Waals surface area contributed by atoms with Crippen LogP contribution in [0.1, 0.15) is 6.42 Å². The first-order valence-corrected chi connectivity index (χ1v) is 8.78. The summed E-state index contributed by atoms with van der Waals surface area (Å²) < 4.78 is 5.76. The van der Waals surface area contributed by atoms with Gasteiger partial charge in [0.15, 0.2) is 0 Å². The van der Waals surface area contributed by atoms with Gasteiger partial charge in [-0.05, 0) is 36.8 Å². The smallest absolute Gasteiger partial charge is 0.271 e. The monoisotopic (exact) mass is 342 g/mol. The highest BCUT2D eigenvalue weighted by molar-refractivity contribution is 8.00. The van der Waals surface area contributed by atoms with Gasteiger partial charge in [0.2, 0.25) is 0 Å². The molecule has 1 fully saturated rings. The molecule has 3 N–H and O–H groups in total. The fourth-order valence-corrected chi connectivity index (χ4v) is 4.13. The first-order chi connectivity index (χ1) is 11.8. The number of H-pyrrole nitrogens is 2. The van der Waals surface area contributed by atoms with E-state index in [0.29, 0.717) is 17.2 Å². The van der Waals surface area contributed by atoms with E-state index >= 15 is 0 Å². The topological polar surface area (TPSA) is 82.8 Å². The Morgan fingerprint density at radius 2 is 2.17 bits per heavy atom. The van der Waals surface area contributed by atoms with Crippen LogP contribution < -0.4 is 10.9 Å². The number of aromatic amines is 2. The number of benzene rings is 1. The summed E-state index contributed by atoms with van der Waals surface area (Å²) in [5, 5.41) is 9.99. The molecular weight excluding hydrogens is 324 g/mol. The minimum Gasteiger partial charge on any atom is -0.378 e. The average Bonchev–Trinajstić information content (AvgIpc) is 2.97. The van der Waals surface area contributed by atoms with Crippen molar-refractivity contribution < 1.29 is 4.74 Å². The van der Waals surface area contributed by atoms with Crippen LogP contribution in [0.4, 0.5) is 5.82 Å². The lowest BCUT2D eigenvalue weighted by molar-refractivity contribution is 0.0921. The molecule has 0 radical (unpaired) electrons. The summed E-state index contributed by atoms with van der Waals surface area (Å²) >= 11 is 1.78. The zero-order chi connectivity index (χ0) is 16.4. The van der Waals surface area contributed by atoms with Crippen LogP contribution >= 0.6 is 11.8 Å². The SMILES string of the molecule is O=c1[nH][nH]c2cc(SC3COCC(Nc4ccccn4)C3)ccc12. The molecule has 0 amide bonds. The summed E-state index contributed by atoms with van der Waals surface area (Å²) in [6.45, 7) is 1.42. The largest absolute Gasteiger partial charge is 0.378 e. The van der Waals surface area contributed by atoms with E-state index < -0.39 is 0 Å². The van der Waals surface area contributed by atoms with Crippen molar-refractivity contribution >= 4 is 28.5 Å². The van der Waals surface area contributed by atoms with Crippen LogP contribution in [0, 0.1) is 0 Å². The Morgan fingerprint density at radius 3 is 3.04 bits per heavy atom. The lowest BCUT2D eigenvalue weighted by Gasteiger charge is -2.29. The summed E-state index contributed by atoms with van der Waals surface area (Å²) in [7, 11) is 0. The van der Waals surface area contributed by atoms with Crippen molar-refractivity contribution in [3.05, 3.63) is 52.9 Å². The maximum atomic E-state index is 11.6. The van der Waals surface area contributed by atoms with Crippen LogP contribution in [0.3, 0.4) is 0 Å². The molecule has 6 nitrogen and oxygen atoms in total. The molecule has 2 unspecified atom stereocenters. The Bertz CT molecular complexity index is 877. The Kier molecular flexibility index (Phi) is 4.27. The lowest BCUT2D eigenvalue weighted by Crippen LogP contribution is -2.36. The molecule has 24 heavy (non-hydrogen) atoms. The maximum absolute atomic E-state index is 11.6. The molecule has 0 saturated carbocycles. The van der Waals surface area contributed by atoms with Gasteiger partial charge in [-0.1, -0.05) is 6.07 Å². The Hall–Kier alpha value is -2.25. The number of fused-ring (bicyclic) bond motifs is 1. The van der Waals surface area contributed by atoms with Crippen LogP contribution in [-0.4, -0.2) is 39.7 Å². The predicted octanol–water partition coefficient (Wildman–Crippen LogP) is 2.61. The van der Waals surface area contributed by atoms with Gasteiger partial charge in [-0.2, -0.15) is 0 Å². The van der Waals surface area contributed by atoms with Gasteiger partial charge in [-0.3, -0.25) is 15.0 Å². The first-order valence-electron chi connectivity index (χ1n) is 7.90. The third-order valence-electron chi connectivity index (χ3n) is 4.04. The number of aromatic nitrogens is 3. The number of pyridine rings is 1. The van der Waals surface area contributed by atoms with Crippen molar-refractivity contribution in [3.8, 4) is 0 Å². The maximum Gasteiger partial charge on any atom is 0.271 e. The van der Waals surface area contributed by atoms with Gasteiger partial charge in [-0.25, -0.2) is 4.98 Å². The molecule has 1 aromatic carbocycles. The van der Waals surface area contributed by atoms with Crippen LogP contribution in [0.2, 0.25) is 0 Å². The highest BCUT2D eigenvalue weighted by Crippen LogP contribution is 2.30. The van der Waals surface area contributed by atoms with Crippen molar-refractivity contribution in [2.75, 3.05) is 18.5 Å². The number of rotatable bonds is 4. The lowest BCUT2D eigenvalue weighted by atomic mass is 10.1. The number of nitrogens with zero attached hydrogens (tertiary/aromatic N) is 1. The normalized spacial score (nSPS) is 21.0. The van der Waals surface area contributed by atoms with Crippen molar-refractivity contribution in [1.29, 1.82) is 0 Å². The highest BCUT2D eigenvalue weighted by atomic mass is 32.2. The van der Waals surface area contributed by atoms with E-state index in [1.165, 1.54) is 0 Å². The molecule has 4 rings (SSSR count). The number of hydrogen-bond acceptors (Lipinski definition) is 5. The van der Waals surface area contributed by atoms with Gasteiger partial charge in [0.05, 0.1) is 30.2 Å². The molecule has 3 heterocycles. The summed E-state index contributed by atoms with van der Waals surface area (Å²) in [4.78, 5) is 17.0. The zero-order valence-corrected chi connectivity index (χ0v) is 13.8. The van der Waals surface area contributed by atoms with Gasteiger partial charge >= 0.3 is 0 Å². The number of anilines is 1. The van der Waals surface area contributed by atoms with Crippen molar-refractivity contribution in [1.82, 2.24) is 15.2 Å². The number of nitrogens with one attached hydrogen (secondary N) is 3. The molecule has 124 valence electrons. The summed E-state index contributed by atoms with van der Waals surface area (Å²) in [5.74, 6) is 0.878. The van der Waals surface area contributed by atoms with Crippen LogP contribution in [-0.2, 0) is 4.74 Å². The summed E-state index contributed by atoms with van der Waals surface area (Å²) in [6, 6.07) is 12.0. The minimum atomic E-state index is -0.0813. The summed E-state index contributed by atoms with van der Waals surface area (Å²) in [6.07, 6.45) is 2.79. The van der Waals surface area contributed by atoms with Gasteiger partial charge < -0.3 is 10.1 Å². The second-order valence-electron chi connectivity index (χ2n) is 5.86. The molecule has 0 aliphatic carbocycles. The van der Waals surface area contributed by atoms with Gasteiger partial charge in [-0.15, -0.1) is 11.8 Å². The molecular formula is C17H18N4O2S. The van der Waals surface area contributed by atoms with E-state index in [-0.39, 0.29) is 11.6 Å². The molecule has 2 atom stereocenters. The third-order valence-corrected chi connectivity index (χ3v) is 5.22. The second kappa shape index (κ2) is 6.70. The van der Waals surface area contributed by atoms with Gasteiger partial charge in [0, 0.05) is 16.3 Å². The summed E-state index contributed by atoms with van der Waals surface area (Å²) in [5.41, 5.74) is 0.757. The number of ether oxygens (including phenoxy) is 1. The standard InChI is InChI=1S/C17H18N4O2S/c22-17-14-5-4-12(8-15(14)20-21-17)24-13-7-11(9-23-10-13)19-16-3-1-2-6-18-16/h1-6,8,11,13H,7,9-10H2,(H,18,19)(H2,20,21,22). The third kappa shape index (κ3) is 3.32.